The Bertz CT molecular complexity index is 1600. The van der Waals surface area contributed by atoms with E-state index in [1.54, 1.807) is 60.7 Å². The maximum Gasteiger partial charge on any atom is 0.301 e. The summed E-state index contributed by atoms with van der Waals surface area (Å²) in [5, 5.41) is 12.3. The fraction of sp³-hybridized carbons (Fsp3) is 0.207. The highest BCUT2D eigenvalue weighted by Crippen LogP contribution is 2.46. The van der Waals surface area contributed by atoms with Gasteiger partial charge in [-0.1, -0.05) is 35.9 Å². The molecule has 1 aliphatic rings. The minimum atomic E-state index is -0.975. The molecule has 1 unspecified atom stereocenters. The molecule has 1 aliphatic heterocycles. The Morgan fingerprint density at radius 2 is 1.77 bits per heavy atom. The Hall–Kier alpha value is -4.08. The van der Waals surface area contributed by atoms with E-state index in [1.807, 2.05) is 6.92 Å². The first-order chi connectivity index (χ1) is 18.9. The lowest BCUT2D eigenvalue weighted by Crippen LogP contribution is -2.29. The summed E-state index contributed by atoms with van der Waals surface area (Å²) < 4.78 is 17.2. The van der Waals surface area contributed by atoms with Crippen molar-refractivity contribution >= 4 is 55.7 Å². The van der Waals surface area contributed by atoms with Gasteiger partial charge in [0, 0.05) is 10.6 Å². The van der Waals surface area contributed by atoms with Crippen molar-refractivity contribution in [1.82, 2.24) is 4.98 Å². The molecular formula is C29H25ClN2O6S. The van der Waals surface area contributed by atoms with Gasteiger partial charge in [0.25, 0.3) is 5.78 Å². The van der Waals surface area contributed by atoms with E-state index >= 15 is 0 Å². The van der Waals surface area contributed by atoms with Crippen molar-refractivity contribution in [2.45, 2.75) is 19.4 Å². The van der Waals surface area contributed by atoms with Crippen LogP contribution in [-0.2, 0) is 9.59 Å². The molecule has 1 N–H and O–H groups in total. The zero-order valence-electron chi connectivity index (χ0n) is 21.4. The van der Waals surface area contributed by atoms with Crippen LogP contribution >= 0.6 is 22.9 Å². The number of fused-ring (bicyclic) bond motifs is 1. The van der Waals surface area contributed by atoms with Gasteiger partial charge in [0.15, 0.2) is 16.6 Å². The van der Waals surface area contributed by atoms with Crippen LogP contribution in [0.5, 0.6) is 17.2 Å². The van der Waals surface area contributed by atoms with Crippen molar-refractivity contribution < 1.29 is 28.9 Å². The number of carbonyl (C=O) groups excluding carboxylic acids is 2. The van der Waals surface area contributed by atoms with Crippen LogP contribution in [0.15, 0.2) is 66.2 Å². The molecular weight excluding hydrogens is 540 g/mol. The van der Waals surface area contributed by atoms with E-state index in [-0.39, 0.29) is 11.3 Å². The molecule has 0 bridgehead atoms. The number of rotatable bonds is 8. The van der Waals surface area contributed by atoms with E-state index in [9.17, 15) is 14.7 Å². The number of halogens is 1. The fourth-order valence-corrected chi connectivity index (χ4v) is 5.71. The molecule has 3 aromatic carbocycles. The van der Waals surface area contributed by atoms with E-state index in [1.165, 1.54) is 30.5 Å². The number of aliphatic hydroxyl groups is 1. The van der Waals surface area contributed by atoms with Crippen LogP contribution in [0.2, 0.25) is 5.02 Å². The number of thiazole rings is 1. The highest BCUT2D eigenvalue weighted by Gasteiger charge is 2.48. The molecule has 8 nitrogen and oxygen atoms in total. The number of benzene rings is 3. The number of anilines is 1. The van der Waals surface area contributed by atoms with E-state index in [0.29, 0.717) is 50.7 Å². The summed E-state index contributed by atoms with van der Waals surface area (Å²) in [5.74, 6) is -0.398. The normalized spacial score (nSPS) is 16.6. The van der Waals surface area contributed by atoms with Crippen molar-refractivity contribution in [3.05, 3.63) is 82.4 Å². The molecule has 1 saturated heterocycles. The van der Waals surface area contributed by atoms with E-state index in [2.05, 4.69) is 4.98 Å². The van der Waals surface area contributed by atoms with E-state index in [0.717, 1.165) is 11.1 Å². The van der Waals surface area contributed by atoms with Gasteiger partial charge >= 0.3 is 5.91 Å². The lowest BCUT2D eigenvalue weighted by Gasteiger charge is -2.23. The molecule has 10 heteroatoms. The third kappa shape index (κ3) is 4.91. The van der Waals surface area contributed by atoms with Crippen molar-refractivity contribution in [2.75, 3.05) is 25.7 Å². The Morgan fingerprint density at radius 1 is 1.03 bits per heavy atom. The number of aliphatic hydroxyl groups excluding tert-OH is 1. The Kier molecular flexibility index (Phi) is 7.45. The summed E-state index contributed by atoms with van der Waals surface area (Å²) in [7, 11) is 3.02. The van der Waals surface area contributed by atoms with Crippen molar-refractivity contribution in [2.24, 2.45) is 0 Å². The van der Waals surface area contributed by atoms with Crippen LogP contribution in [0, 0.1) is 0 Å². The van der Waals surface area contributed by atoms with Crippen LogP contribution in [-0.4, -0.2) is 42.6 Å². The second-order valence-corrected chi connectivity index (χ2v) is 10.2. The molecule has 200 valence electrons. The number of aromatic nitrogens is 1. The van der Waals surface area contributed by atoms with Crippen LogP contribution < -0.4 is 19.1 Å². The number of carbonyl (C=O) groups is 2. The molecule has 1 aromatic heterocycles. The Balaban J connectivity index is 1.68. The zero-order valence-corrected chi connectivity index (χ0v) is 23.0. The summed E-state index contributed by atoms with van der Waals surface area (Å²) >= 11 is 7.40. The summed E-state index contributed by atoms with van der Waals surface area (Å²) in [5.41, 5.74) is 1.48. The average molecular weight is 565 g/mol. The second-order valence-electron chi connectivity index (χ2n) is 8.76. The minimum Gasteiger partial charge on any atom is -0.507 e. The second kappa shape index (κ2) is 11.0. The van der Waals surface area contributed by atoms with Gasteiger partial charge in [-0.05, 0) is 66.6 Å². The summed E-state index contributed by atoms with van der Waals surface area (Å²) in [6, 6.07) is 16.1. The van der Waals surface area contributed by atoms with Crippen LogP contribution in [0.1, 0.15) is 30.5 Å². The molecule has 1 amide bonds. The van der Waals surface area contributed by atoms with Gasteiger partial charge in [0.2, 0.25) is 0 Å². The third-order valence-electron chi connectivity index (χ3n) is 6.31. The predicted octanol–water partition coefficient (Wildman–Crippen LogP) is 6.38. The number of ketones is 1. The van der Waals surface area contributed by atoms with Crippen molar-refractivity contribution in [3.8, 4) is 17.2 Å². The minimum absolute atomic E-state index is 0.0632. The maximum atomic E-state index is 13.5. The van der Waals surface area contributed by atoms with E-state index in [4.69, 9.17) is 25.8 Å². The van der Waals surface area contributed by atoms with Gasteiger partial charge in [-0.2, -0.15) is 0 Å². The standard InChI is InChI=1S/C29H25ClN2O6S/c1-4-13-38-19-9-5-16(6-10-19)26(33)24-25(17-7-12-21(36-2)22(14-17)37-3)32(28(35)27(24)34)29-31-20-11-8-18(30)15-23(20)39-29/h5-12,14-15,25,33H,4,13H2,1-3H3/b26-24+. The lowest BCUT2D eigenvalue weighted by molar-refractivity contribution is -0.132. The van der Waals surface area contributed by atoms with Crippen molar-refractivity contribution in [3.63, 3.8) is 0 Å². The molecule has 0 radical (unpaired) electrons. The monoisotopic (exact) mass is 564 g/mol. The first kappa shape index (κ1) is 26.5. The molecule has 0 saturated carbocycles. The number of nitrogens with zero attached hydrogens (tertiary/aromatic N) is 2. The maximum absolute atomic E-state index is 13.5. The molecule has 39 heavy (non-hydrogen) atoms. The SMILES string of the molecule is CCCOc1ccc(/C(O)=C2\C(=O)C(=O)N(c3nc4ccc(Cl)cc4s3)C2c2ccc(OC)c(OC)c2)cc1. The van der Waals surface area contributed by atoms with Gasteiger partial charge in [-0.25, -0.2) is 4.98 Å². The molecule has 1 atom stereocenters. The third-order valence-corrected chi connectivity index (χ3v) is 7.57. The fourth-order valence-electron chi connectivity index (χ4n) is 4.44. The number of Topliss-reactive ketones (excluding diaryl/α,β-unsaturated/α-hetero) is 1. The summed E-state index contributed by atoms with van der Waals surface area (Å²) in [6.45, 7) is 2.57. The smallest absolute Gasteiger partial charge is 0.301 e. The molecule has 5 rings (SSSR count). The topological polar surface area (TPSA) is 98.2 Å². The first-order valence-corrected chi connectivity index (χ1v) is 13.4. The van der Waals surface area contributed by atoms with Crippen LogP contribution in [0.3, 0.4) is 0 Å². The van der Waals surface area contributed by atoms with Crippen molar-refractivity contribution in [1.29, 1.82) is 0 Å². The van der Waals surface area contributed by atoms with Gasteiger partial charge in [-0.3, -0.25) is 14.5 Å². The summed E-state index contributed by atoms with van der Waals surface area (Å²) in [6.07, 6.45) is 0.856. The number of hydrogen-bond donors (Lipinski definition) is 1. The van der Waals surface area contributed by atoms with Crippen LogP contribution in [0.4, 0.5) is 5.13 Å². The van der Waals surface area contributed by atoms with Gasteiger partial charge < -0.3 is 19.3 Å². The number of hydrogen-bond acceptors (Lipinski definition) is 8. The van der Waals surface area contributed by atoms with Gasteiger partial charge in [-0.15, -0.1) is 0 Å². The highest BCUT2D eigenvalue weighted by atomic mass is 35.5. The number of ether oxygens (including phenoxy) is 3. The van der Waals surface area contributed by atoms with E-state index < -0.39 is 17.7 Å². The Morgan fingerprint density at radius 3 is 2.46 bits per heavy atom. The quantitative estimate of drug-likeness (QED) is 0.150. The van der Waals surface area contributed by atoms with Crippen LogP contribution in [0.25, 0.3) is 16.0 Å². The molecule has 4 aromatic rings. The molecule has 0 spiro atoms. The lowest BCUT2D eigenvalue weighted by atomic mass is 9.95. The number of methoxy groups -OCH3 is 2. The average Bonchev–Trinajstić information content (AvgIpc) is 3.48. The molecule has 0 aliphatic carbocycles. The zero-order chi connectivity index (χ0) is 27.7. The Labute approximate surface area is 234 Å². The summed E-state index contributed by atoms with van der Waals surface area (Å²) in [4.78, 5) is 33.0. The predicted molar refractivity (Wildman–Crippen MR) is 151 cm³/mol. The molecule has 1 fully saturated rings. The van der Waals surface area contributed by atoms with Gasteiger partial charge in [0.1, 0.15) is 11.5 Å². The largest absolute Gasteiger partial charge is 0.507 e. The number of amides is 1. The molecule has 2 heterocycles. The van der Waals surface area contributed by atoms with Gasteiger partial charge in [0.05, 0.1) is 42.7 Å². The highest BCUT2D eigenvalue weighted by molar-refractivity contribution is 7.22. The first-order valence-electron chi connectivity index (χ1n) is 12.2.